The molecule has 0 saturated heterocycles. The molecule has 2 N–H and O–H groups in total. The van der Waals surface area contributed by atoms with E-state index in [1.165, 1.54) is 0 Å². The van der Waals surface area contributed by atoms with E-state index in [0.29, 0.717) is 24.4 Å². The molecule has 8 nitrogen and oxygen atoms in total. The number of carbonyl (C=O) groups excluding carboxylic acids is 1. The van der Waals surface area contributed by atoms with Gasteiger partial charge in [-0.3, -0.25) is 14.6 Å². The van der Waals surface area contributed by atoms with Crippen molar-refractivity contribution in [3.8, 4) is 5.69 Å². The molecule has 2 aromatic heterocycles. The van der Waals surface area contributed by atoms with Gasteiger partial charge in [0.25, 0.3) is 5.91 Å². The fourth-order valence-electron chi connectivity index (χ4n) is 3.24. The van der Waals surface area contributed by atoms with Crippen LogP contribution in [0.4, 0.5) is 0 Å². The number of aromatic nitrogens is 4. The number of hydrogen-bond acceptors (Lipinski definition) is 5. The molecule has 0 aliphatic carbocycles. The summed E-state index contributed by atoms with van der Waals surface area (Å²) in [6.07, 6.45) is 6.31. The first kappa shape index (κ1) is 20.4. The standard InChI is InChI=1S/C21H25N5O3/c1-15-19(21(29)23-13-6-4-2-3-5-12-18(27)28)24-25-26(15)17-11-7-9-16-10-8-14-22-20(16)17/h7-11,14H,2-6,12-13H2,1H3,(H,23,29)(H,27,28). The van der Waals surface area contributed by atoms with Gasteiger partial charge in [0.15, 0.2) is 5.69 Å². The molecule has 0 radical (unpaired) electrons. The summed E-state index contributed by atoms with van der Waals surface area (Å²) in [5.41, 5.74) is 2.56. The average molecular weight is 395 g/mol. The van der Waals surface area contributed by atoms with E-state index in [4.69, 9.17) is 5.11 Å². The zero-order chi connectivity index (χ0) is 20.6. The van der Waals surface area contributed by atoms with Gasteiger partial charge in [-0.15, -0.1) is 5.10 Å². The Morgan fingerprint density at radius 1 is 1.07 bits per heavy atom. The monoisotopic (exact) mass is 395 g/mol. The Morgan fingerprint density at radius 2 is 1.83 bits per heavy atom. The maximum absolute atomic E-state index is 12.5. The highest BCUT2D eigenvalue weighted by molar-refractivity contribution is 5.93. The maximum Gasteiger partial charge on any atom is 0.303 e. The number of rotatable bonds is 10. The molecule has 29 heavy (non-hydrogen) atoms. The Labute approximate surface area is 169 Å². The van der Waals surface area contributed by atoms with Gasteiger partial charge in [0, 0.05) is 24.5 Å². The quantitative estimate of drug-likeness (QED) is 0.510. The lowest BCUT2D eigenvalue weighted by molar-refractivity contribution is -0.137. The van der Waals surface area contributed by atoms with Gasteiger partial charge >= 0.3 is 5.97 Å². The largest absolute Gasteiger partial charge is 0.481 e. The summed E-state index contributed by atoms with van der Waals surface area (Å²) in [7, 11) is 0. The SMILES string of the molecule is Cc1c(C(=O)NCCCCCCCC(=O)O)nnn1-c1cccc2cccnc12. The van der Waals surface area contributed by atoms with Crippen molar-refractivity contribution in [2.75, 3.05) is 6.54 Å². The fourth-order valence-corrected chi connectivity index (χ4v) is 3.24. The number of benzene rings is 1. The number of pyridine rings is 1. The number of unbranched alkanes of at least 4 members (excludes halogenated alkanes) is 4. The van der Waals surface area contributed by atoms with E-state index in [1.54, 1.807) is 10.9 Å². The predicted octanol–water partition coefficient (Wildman–Crippen LogP) is 3.28. The summed E-state index contributed by atoms with van der Waals surface area (Å²) in [6.45, 7) is 2.37. The normalized spacial score (nSPS) is 10.9. The first-order valence-electron chi connectivity index (χ1n) is 9.84. The minimum absolute atomic E-state index is 0.220. The van der Waals surface area contributed by atoms with E-state index in [0.717, 1.165) is 42.3 Å². The third-order valence-electron chi connectivity index (χ3n) is 4.80. The van der Waals surface area contributed by atoms with Crippen molar-refractivity contribution in [3.63, 3.8) is 0 Å². The van der Waals surface area contributed by atoms with Gasteiger partial charge in [-0.1, -0.05) is 42.7 Å². The van der Waals surface area contributed by atoms with Crippen LogP contribution in [0.25, 0.3) is 16.6 Å². The number of carbonyl (C=O) groups is 2. The molecular weight excluding hydrogens is 370 g/mol. The van der Waals surface area contributed by atoms with Crippen LogP contribution >= 0.6 is 0 Å². The van der Waals surface area contributed by atoms with E-state index in [2.05, 4.69) is 20.6 Å². The highest BCUT2D eigenvalue weighted by atomic mass is 16.4. The second-order valence-corrected chi connectivity index (χ2v) is 6.95. The molecule has 0 spiro atoms. The van der Waals surface area contributed by atoms with E-state index < -0.39 is 5.97 Å². The molecule has 2 heterocycles. The Balaban J connectivity index is 1.55. The molecule has 0 aliphatic rings. The molecule has 3 rings (SSSR count). The molecular formula is C21H25N5O3. The number of para-hydroxylation sites is 1. The van der Waals surface area contributed by atoms with Gasteiger partial charge in [-0.2, -0.15) is 0 Å². The summed E-state index contributed by atoms with van der Waals surface area (Å²) >= 11 is 0. The van der Waals surface area contributed by atoms with Crippen molar-refractivity contribution in [1.29, 1.82) is 0 Å². The molecule has 152 valence electrons. The number of amides is 1. The van der Waals surface area contributed by atoms with Crippen LogP contribution in [-0.2, 0) is 4.79 Å². The Morgan fingerprint density at radius 3 is 2.66 bits per heavy atom. The molecule has 3 aromatic rings. The second-order valence-electron chi connectivity index (χ2n) is 6.95. The zero-order valence-electron chi connectivity index (χ0n) is 16.5. The minimum atomic E-state index is -0.750. The van der Waals surface area contributed by atoms with Gasteiger partial charge in [-0.05, 0) is 31.9 Å². The third kappa shape index (κ3) is 5.16. The molecule has 0 fully saturated rings. The van der Waals surface area contributed by atoms with Crippen molar-refractivity contribution in [2.45, 2.75) is 45.4 Å². The number of nitrogens with one attached hydrogen (secondary N) is 1. The van der Waals surface area contributed by atoms with Crippen molar-refractivity contribution < 1.29 is 14.7 Å². The maximum atomic E-state index is 12.5. The van der Waals surface area contributed by atoms with Gasteiger partial charge in [0.1, 0.15) is 0 Å². The van der Waals surface area contributed by atoms with Crippen LogP contribution in [0.1, 0.15) is 54.7 Å². The van der Waals surface area contributed by atoms with Gasteiger partial charge in [0.2, 0.25) is 0 Å². The molecule has 8 heteroatoms. The van der Waals surface area contributed by atoms with Crippen LogP contribution in [-0.4, -0.2) is 43.5 Å². The molecule has 0 aliphatic heterocycles. The second kappa shape index (κ2) is 9.77. The predicted molar refractivity (Wildman–Crippen MR) is 109 cm³/mol. The van der Waals surface area contributed by atoms with Crippen LogP contribution in [0.15, 0.2) is 36.5 Å². The molecule has 0 atom stereocenters. The zero-order valence-corrected chi connectivity index (χ0v) is 16.5. The van der Waals surface area contributed by atoms with E-state index >= 15 is 0 Å². The Bertz CT molecular complexity index is 994. The summed E-state index contributed by atoms with van der Waals surface area (Å²) in [6, 6.07) is 9.67. The van der Waals surface area contributed by atoms with Crippen molar-refractivity contribution >= 4 is 22.8 Å². The van der Waals surface area contributed by atoms with Crippen LogP contribution in [0.3, 0.4) is 0 Å². The van der Waals surface area contributed by atoms with Crippen LogP contribution in [0, 0.1) is 6.92 Å². The molecule has 1 amide bonds. The van der Waals surface area contributed by atoms with Gasteiger partial charge in [-0.25, -0.2) is 4.68 Å². The number of fused-ring (bicyclic) bond motifs is 1. The first-order chi connectivity index (χ1) is 14.1. The van der Waals surface area contributed by atoms with Crippen LogP contribution < -0.4 is 5.32 Å². The molecule has 0 unspecified atom stereocenters. The highest BCUT2D eigenvalue weighted by Gasteiger charge is 2.18. The topological polar surface area (TPSA) is 110 Å². The highest BCUT2D eigenvalue weighted by Crippen LogP contribution is 2.21. The summed E-state index contributed by atoms with van der Waals surface area (Å²) in [5, 5.41) is 20.7. The fraction of sp³-hybridized carbons (Fsp3) is 0.381. The Hall–Kier alpha value is -3.29. The Kier molecular flexibility index (Phi) is 6.89. The molecule has 0 bridgehead atoms. The summed E-state index contributed by atoms with van der Waals surface area (Å²) in [4.78, 5) is 27.4. The number of carboxylic acid groups (broad SMARTS) is 1. The lowest BCUT2D eigenvalue weighted by Gasteiger charge is -2.07. The lowest BCUT2D eigenvalue weighted by Crippen LogP contribution is -2.25. The van der Waals surface area contributed by atoms with Crippen molar-refractivity contribution in [2.24, 2.45) is 0 Å². The molecule has 0 saturated carbocycles. The van der Waals surface area contributed by atoms with Gasteiger partial charge in [0.05, 0.1) is 16.9 Å². The number of aliphatic carboxylic acids is 1. The van der Waals surface area contributed by atoms with Crippen LogP contribution in [0.2, 0.25) is 0 Å². The van der Waals surface area contributed by atoms with E-state index in [1.807, 2.05) is 37.3 Å². The number of hydrogen-bond donors (Lipinski definition) is 2. The third-order valence-corrected chi connectivity index (χ3v) is 4.80. The van der Waals surface area contributed by atoms with Crippen molar-refractivity contribution in [3.05, 3.63) is 47.9 Å². The first-order valence-corrected chi connectivity index (χ1v) is 9.84. The van der Waals surface area contributed by atoms with E-state index in [-0.39, 0.29) is 12.3 Å². The summed E-state index contributed by atoms with van der Waals surface area (Å²) < 4.78 is 1.65. The average Bonchev–Trinajstić information content (AvgIpc) is 3.10. The molecule has 1 aromatic carbocycles. The summed E-state index contributed by atoms with van der Waals surface area (Å²) in [5.74, 6) is -0.993. The van der Waals surface area contributed by atoms with Gasteiger partial charge < -0.3 is 10.4 Å². The van der Waals surface area contributed by atoms with Crippen LogP contribution in [0.5, 0.6) is 0 Å². The lowest BCUT2D eigenvalue weighted by atomic mass is 10.1. The smallest absolute Gasteiger partial charge is 0.303 e. The number of nitrogens with zero attached hydrogens (tertiary/aromatic N) is 4. The minimum Gasteiger partial charge on any atom is -0.481 e. The number of carboxylic acids is 1. The van der Waals surface area contributed by atoms with E-state index in [9.17, 15) is 9.59 Å². The van der Waals surface area contributed by atoms with Crippen molar-refractivity contribution in [1.82, 2.24) is 25.3 Å².